The van der Waals surface area contributed by atoms with Crippen LogP contribution in [-0.4, -0.2) is 28.3 Å². The van der Waals surface area contributed by atoms with Crippen LogP contribution < -0.4 is 21.1 Å². The number of carbonyl (C=O) groups is 2. The van der Waals surface area contributed by atoms with Crippen molar-refractivity contribution in [3.8, 4) is 11.8 Å². The SMILES string of the molecule is N#Cc1cccc(Cl)c1OC1=C/CC([C@H]2CC(=O)N(c3ccc4c(c3)c(N)nn4C(N)=O)C2)/C=C/C=C\1Cl. The Balaban J connectivity index is 1.37. The number of ether oxygens (including phenoxy) is 1. The number of nitriles is 1. The molecule has 5 rings (SSSR count). The maximum atomic E-state index is 13.0. The van der Waals surface area contributed by atoms with Gasteiger partial charge in [-0.2, -0.15) is 9.94 Å². The van der Waals surface area contributed by atoms with Gasteiger partial charge >= 0.3 is 6.03 Å². The maximum Gasteiger partial charge on any atom is 0.340 e. The summed E-state index contributed by atoms with van der Waals surface area (Å²) < 4.78 is 7.03. The zero-order valence-electron chi connectivity index (χ0n) is 20.0. The predicted octanol–water partition coefficient (Wildman–Crippen LogP) is 5.08. The summed E-state index contributed by atoms with van der Waals surface area (Å²) in [5.41, 5.74) is 12.8. The van der Waals surface area contributed by atoms with Gasteiger partial charge in [-0.15, -0.1) is 5.10 Å². The van der Waals surface area contributed by atoms with Crippen LogP contribution in [-0.2, 0) is 4.79 Å². The third-order valence-corrected chi connectivity index (χ3v) is 7.29. The Morgan fingerprint density at radius 2 is 2.05 bits per heavy atom. The number of fused-ring (bicyclic) bond motifs is 1. The molecule has 0 spiro atoms. The van der Waals surface area contributed by atoms with Crippen LogP contribution in [0.4, 0.5) is 16.3 Å². The van der Waals surface area contributed by atoms with Gasteiger partial charge in [0.15, 0.2) is 11.6 Å². The monoisotopic (exact) mass is 548 g/mol. The van der Waals surface area contributed by atoms with E-state index in [-0.39, 0.29) is 29.3 Å². The topological polar surface area (TPSA) is 140 Å². The number of hydrogen-bond donors (Lipinski definition) is 2. The molecule has 2 aromatic carbocycles. The van der Waals surface area contributed by atoms with Gasteiger partial charge in [-0.1, -0.05) is 41.4 Å². The highest BCUT2D eigenvalue weighted by molar-refractivity contribution is 6.33. The van der Waals surface area contributed by atoms with Gasteiger partial charge in [0, 0.05) is 24.0 Å². The van der Waals surface area contributed by atoms with Crippen molar-refractivity contribution in [3.63, 3.8) is 0 Å². The molecule has 2 amide bonds. The maximum absolute atomic E-state index is 13.0. The molecule has 0 saturated carbocycles. The highest BCUT2D eigenvalue weighted by Crippen LogP contribution is 2.37. The fourth-order valence-corrected chi connectivity index (χ4v) is 5.17. The first kappa shape index (κ1) is 25.4. The summed E-state index contributed by atoms with van der Waals surface area (Å²) in [6.45, 7) is 0.494. The molecule has 2 heterocycles. The van der Waals surface area contributed by atoms with Crippen LogP contribution in [0.3, 0.4) is 0 Å². The van der Waals surface area contributed by atoms with Crippen molar-refractivity contribution in [1.82, 2.24) is 9.78 Å². The van der Waals surface area contributed by atoms with E-state index in [1.165, 1.54) is 0 Å². The van der Waals surface area contributed by atoms with E-state index in [0.29, 0.717) is 57.4 Å². The van der Waals surface area contributed by atoms with Crippen LogP contribution >= 0.6 is 23.2 Å². The highest BCUT2D eigenvalue weighted by Gasteiger charge is 2.35. The molecule has 1 aliphatic heterocycles. The second kappa shape index (κ2) is 10.2. The zero-order chi connectivity index (χ0) is 27.0. The Morgan fingerprint density at radius 3 is 2.82 bits per heavy atom. The minimum atomic E-state index is -0.739. The van der Waals surface area contributed by atoms with Crippen LogP contribution in [0.1, 0.15) is 18.4 Å². The van der Waals surface area contributed by atoms with Crippen molar-refractivity contribution in [1.29, 1.82) is 5.26 Å². The molecule has 1 unspecified atom stereocenters. The second-order valence-electron chi connectivity index (χ2n) is 9.00. The number of hydrogen-bond acceptors (Lipinski definition) is 6. The summed E-state index contributed by atoms with van der Waals surface area (Å²) in [6, 6.07) is 11.5. The highest BCUT2D eigenvalue weighted by atomic mass is 35.5. The van der Waals surface area contributed by atoms with Crippen molar-refractivity contribution < 1.29 is 14.3 Å². The van der Waals surface area contributed by atoms with E-state index < -0.39 is 6.03 Å². The number of amides is 2. The molecule has 192 valence electrons. The van der Waals surface area contributed by atoms with Gasteiger partial charge in [-0.25, -0.2) is 4.79 Å². The third-order valence-electron chi connectivity index (χ3n) is 6.68. The summed E-state index contributed by atoms with van der Waals surface area (Å²) in [6.07, 6.45) is 8.36. The first-order chi connectivity index (χ1) is 18.3. The summed E-state index contributed by atoms with van der Waals surface area (Å²) >= 11 is 12.7. The van der Waals surface area contributed by atoms with Crippen LogP contribution in [0.25, 0.3) is 10.9 Å². The van der Waals surface area contributed by atoms with Crippen LogP contribution in [0.15, 0.2) is 71.5 Å². The number of nitrogens with zero attached hydrogens (tertiary/aromatic N) is 4. The lowest BCUT2D eigenvalue weighted by Gasteiger charge is -2.22. The van der Waals surface area contributed by atoms with Gasteiger partial charge in [-0.05, 0) is 60.7 Å². The largest absolute Gasteiger partial charge is 0.453 e. The van der Waals surface area contributed by atoms with E-state index in [4.69, 9.17) is 39.4 Å². The molecule has 2 aliphatic rings. The minimum Gasteiger partial charge on any atom is -0.453 e. The predicted molar refractivity (Wildman–Crippen MR) is 146 cm³/mol. The number of aromatic nitrogens is 2. The molecule has 1 saturated heterocycles. The molecule has 38 heavy (non-hydrogen) atoms. The van der Waals surface area contributed by atoms with E-state index in [1.54, 1.807) is 47.4 Å². The Morgan fingerprint density at radius 1 is 1.24 bits per heavy atom. The summed E-state index contributed by atoms with van der Waals surface area (Å²) in [4.78, 5) is 26.4. The number of rotatable bonds is 4. The van der Waals surface area contributed by atoms with Gasteiger partial charge < -0.3 is 21.1 Å². The Labute approximate surface area is 228 Å². The number of carbonyl (C=O) groups excluding carboxylic acids is 2. The Kier molecular flexibility index (Phi) is 6.85. The average molecular weight is 549 g/mol. The van der Waals surface area contributed by atoms with E-state index in [9.17, 15) is 14.9 Å². The molecule has 1 aliphatic carbocycles. The van der Waals surface area contributed by atoms with Gasteiger partial charge in [0.05, 0.1) is 21.1 Å². The average Bonchev–Trinajstić information content (AvgIpc) is 3.44. The summed E-state index contributed by atoms with van der Waals surface area (Å²) in [7, 11) is 0. The van der Waals surface area contributed by atoms with Crippen molar-refractivity contribution in [3.05, 3.63) is 82.1 Å². The number of halogens is 2. The first-order valence-electron chi connectivity index (χ1n) is 11.8. The molecule has 9 nitrogen and oxygen atoms in total. The lowest BCUT2D eigenvalue weighted by atomic mass is 9.87. The molecule has 2 atom stereocenters. The van der Waals surface area contributed by atoms with Gasteiger partial charge in [0.2, 0.25) is 5.91 Å². The van der Waals surface area contributed by atoms with E-state index in [2.05, 4.69) is 11.2 Å². The standard InChI is InChI=1S/C27H22Cl2N6O3/c28-20-5-1-3-15(7-10-23(20)38-25-16(13-30)4-2-6-21(25)29)17-11-24(36)34(14-17)18-8-9-22-19(12-18)26(31)33-35(22)27(32)37/h1-6,8-10,12,15,17H,7,11,14H2,(H2,31,33)(H2,32,37)/b3-1+,20-5+,23-10+/t15?,17-/m0/s1. The van der Waals surface area contributed by atoms with Crippen molar-refractivity contribution in [2.24, 2.45) is 17.6 Å². The second-order valence-corrected chi connectivity index (χ2v) is 9.82. The molecule has 1 fully saturated rings. The number of para-hydroxylation sites is 1. The normalized spacial score (nSPS) is 23.1. The number of primary amides is 1. The molecule has 11 heteroatoms. The van der Waals surface area contributed by atoms with Crippen LogP contribution in [0.5, 0.6) is 5.75 Å². The van der Waals surface area contributed by atoms with Gasteiger partial charge in [-0.3, -0.25) is 4.79 Å². The fourth-order valence-electron chi connectivity index (χ4n) is 4.77. The molecule has 0 radical (unpaired) electrons. The number of nitrogen functional groups attached to an aromatic ring is 1. The number of benzene rings is 2. The summed E-state index contributed by atoms with van der Waals surface area (Å²) in [5.74, 6) is 0.821. The third kappa shape index (κ3) is 4.72. The van der Waals surface area contributed by atoms with E-state index in [1.807, 2.05) is 18.2 Å². The van der Waals surface area contributed by atoms with Crippen molar-refractivity contribution in [2.45, 2.75) is 12.8 Å². The van der Waals surface area contributed by atoms with E-state index in [0.717, 1.165) is 4.68 Å². The Bertz CT molecular complexity index is 1600. The molecular formula is C27H22Cl2N6O3. The minimum absolute atomic E-state index is 0.0190. The van der Waals surface area contributed by atoms with Crippen molar-refractivity contribution in [2.75, 3.05) is 17.2 Å². The number of anilines is 2. The molecular weight excluding hydrogens is 527 g/mol. The van der Waals surface area contributed by atoms with Crippen LogP contribution in [0, 0.1) is 23.2 Å². The zero-order valence-corrected chi connectivity index (χ0v) is 21.5. The van der Waals surface area contributed by atoms with E-state index >= 15 is 0 Å². The van der Waals surface area contributed by atoms with Crippen LogP contribution in [0.2, 0.25) is 5.02 Å². The van der Waals surface area contributed by atoms with Gasteiger partial charge in [0.25, 0.3) is 0 Å². The van der Waals surface area contributed by atoms with Gasteiger partial charge in [0.1, 0.15) is 11.8 Å². The fraction of sp³-hybridized carbons (Fsp3) is 0.185. The molecule has 0 bridgehead atoms. The molecule has 4 N–H and O–H groups in total. The Hall–Kier alpha value is -4.26. The number of allylic oxidation sites excluding steroid dienone is 5. The van der Waals surface area contributed by atoms with Crippen molar-refractivity contribution >= 4 is 57.5 Å². The summed E-state index contributed by atoms with van der Waals surface area (Å²) in [5, 5.41) is 14.6. The first-order valence-corrected chi connectivity index (χ1v) is 12.5. The smallest absolute Gasteiger partial charge is 0.340 e. The lowest BCUT2D eigenvalue weighted by Crippen LogP contribution is -2.25. The number of nitrogens with two attached hydrogens (primary N) is 2. The lowest BCUT2D eigenvalue weighted by molar-refractivity contribution is -0.117. The molecule has 1 aromatic heterocycles. The quantitative estimate of drug-likeness (QED) is 0.465. The molecule has 3 aromatic rings.